The minimum Gasteiger partial charge on any atom is -0.337 e. The molecule has 0 aromatic heterocycles. The van der Waals surface area contributed by atoms with E-state index in [1.165, 1.54) is 18.2 Å². The van der Waals surface area contributed by atoms with Gasteiger partial charge >= 0.3 is 0 Å². The van der Waals surface area contributed by atoms with E-state index in [2.05, 4.69) is 0 Å². The lowest BCUT2D eigenvalue weighted by molar-refractivity contribution is -0.384. The van der Waals surface area contributed by atoms with E-state index >= 15 is 0 Å². The minimum atomic E-state index is -0.501. The number of nitrogens with zero attached hydrogens (tertiary/aromatic N) is 2. The van der Waals surface area contributed by atoms with E-state index in [1.807, 2.05) is 0 Å². The Labute approximate surface area is 105 Å². The van der Waals surface area contributed by atoms with Crippen molar-refractivity contribution in [3.05, 3.63) is 39.9 Å². The summed E-state index contributed by atoms with van der Waals surface area (Å²) in [4.78, 5) is 24.0. The van der Waals surface area contributed by atoms with Crippen molar-refractivity contribution in [1.29, 1.82) is 0 Å². The van der Waals surface area contributed by atoms with Gasteiger partial charge in [0.1, 0.15) is 0 Å². The summed E-state index contributed by atoms with van der Waals surface area (Å²) in [6.45, 7) is 1.18. The maximum absolute atomic E-state index is 12.2. The average Bonchev–Trinajstić information content (AvgIpc) is 2.38. The summed E-state index contributed by atoms with van der Waals surface area (Å²) < 4.78 is 0. The number of hydrogen-bond acceptors (Lipinski definition) is 4. The molecule has 0 aliphatic carbocycles. The van der Waals surface area contributed by atoms with Crippen LogP contribution in [0.25, 0.3) is 0 Å². The quantitative estimate of drug-likeness (QED) is 0.629. The second-order valence-electron chi connectivity index (χ2n) is 4.46. The maximum atomic E-state index is 12.2. The highest BCUT2D eigenvalue weighted by atomic mass is 16.6. The van der Waals surface area contributed by atoms with E-state index in [1.54, 1.807) is 11.0 Å². The average molecular weight is 249 g/mol. The number of nitrogens with two attached hydrogens (primary N) is 1. The van der Waals surface area contributed by atoms with Gasteiger partial charge in [-0.1, -0.05) is 6.07 Å². The van der Waals surface area contributed by atoms with Crippen molar-refractivity contribution in [3.63, 3.8) is 0 Å². The number of piperidine rings is 1. The normalized spacial score (nSPS) is 19.6. The van der Waals surface area contributed by atoms with Crippen LogP contribution in [0.1, 0.15) is 23.2 Å². The molecule has 18 heavy (non-hydrogen) atoms. The molecule has 6 nitrogen and oxygen atoms in total. The molecule has 1 fully saturated rings. The number of non-ortho nitro benzene ring substituents is 1. The van der Waals surface area contributed by atoms with Crippen molar-refractivity contribution in [2.24, 2.45) is 5.73 Å². The number of carbonyl (C=O) groups excluding carboxylic acids is 1. The monoisotopic (exact) mass is 249 g/mol. The van der Waals surface area contributed by atoms with Gasteiger partial charge in [-0.05, 0) is 18.9 Å². The SMILES string of the molecule is N[C@@H]1CCCN(C(=O)c2cccc([N+](=O)[O-])c2)C1. The van der Waals surface area contributed by atoms with Crippen molar-refractivity contribution in [2.75, 3.05) is 13.1 Å². The molecule has 2 rings (SSSR count). The van der Waals surface area contributed by atoms with Gasteiger partial charge in [0.25, 0.3) is 11.6 Å². The Balaban J connectivity index is 2.17. The fourth-order valence-corrected chi connectivity index (χ4v) is 2.13. The fraction of sp³-hybridized carbons (Fsp3) is 0.417. The zero-order valence-corrected chi connectivity index (χ0v) is 9.91. The van der Waals surface area contributed by atoms with Crippen LogP contribution >= 0.6 is 0 Å². The second-order valence-corrected chi connectivity index (χ2v) is 4.46. The number of rotatable bonds is 2. The summed E-state index contributed by atoms with van der Waals surface area (Å²) in [6.07, 6.45) is 1.79. The topological polar surface area (TPSA) is 89.5 Å². The molecule has 1 aromatic rings. The first-order chi connectivity index (χ1) is 8.58. The Kier molecular flexibility index (Phi) is 3.57. The van der Waals surface area contributed by atoms with Gasteiger partial charge in [-0.25, -0.2) is 0 Å². The van der Waals surface area contributed by atoms with Gasteiger partial charge in [-0.2, -0.15) is 0 Å². The third-order valence-electron chi connectivity index (χ3n) is 3.05. The summed E-state index contributed by atoms with van der Waals surface area (Å²) in [5.74, 6) is -0.186. The number of nitro benzene ring substituents is 1. The molecule has 1 aliphatic rings. The van der Waals surface area contributed by atoms with E-state index < -0.39 is 4.92 Å². The fourth-order valence-electron chi connectivity index (χ4n) is 2.13. The molecule has 2 N–H and O–H groups in total. The van der Waals surface area contributed by atoms with Crippen LogP contribution in [0.3, 0.4) is 0 Å². The molecule has 0 bridgehead atoms. The minimum absolute atomic E-state index is 0.00129. The van der Waals surface area contributed by atoms with Crippen LogP contribution < -0.4 is 5.73 Å². The molecule has 1 atom stereocenters. The lowest BCUT2D eigenvalue weighted by atomic mass is 10.1. The van der Waals surface area contributed by atoms with E-state index in [0.29, 0.717) is 18.7 Å². The highest BCUT2D eigenvalue weighted by molar-refractivity contribution is 5.94. The number of nitro groups is 1. The predicted molar refractivity (Wildman–Crippen MR) is 66.2 cm³/mol. The summed E-state index contributed by atoms with van der Waals surface area (Å²) >= 11 is 0. The Bertz CT molecular complexity index is 475. The van der Waals surface area contributed by atoms with Gasteiger partial charge in [0.15, 0.2) is 0 Å². The molecule has 96 valence electrons. The van der Waals surface area contributed by atoms with Gasteiger partial charge in [-0.15, -0.1) is 0 Å². The molecule has 1 saturated heterocycles. The van der Waals surface area contributed by atoms with E-state index in [9.17, 15) is 14.9 Å². The third-order valence-corrected chi connectivity index (χ3v) is 3.05. The van der Waals surface area contributed by atoms with Gasteiger partial charge < -0.3 is 10.6 Å². The Morgan fingerprint density at radius 3 is 2.94 bits per heavy atom. The van der Waals surface area contributed by atoms with Crippen molar-refractivity contribution < 1.29 is 9.72 Å². The Hall–Kier alpha value is -1.95. The largest absolute Gasteiger partial charge is 0.337 e. The number of benzene rings is 1. The van der Waals surface area contributed by atoms with Crippen molar-refractivity contribution in [2.45, 2.75) is 18.9 Å². The van der Waals surface area contributed by atoms with Crippen LogP contribution in [0.4, 0.5) is 5.69 Å². The molecular formula is C12H15N3O3. The van der Waals surface area contributed by atoms with Gasteiger partial charge in [-0.3, -0.25) is 14.9 Å². The van der Waals surface area contributed by atoms with E-state index in [4.69, 9.17) is 5.73 Å². The Morgan fingerprint density at radius 2 is 2.28 bits per heavy atom. The number of hydrogen-bond donors (Lipinski definition) is 1. The Morgan fingerprint density at radius 1 is 1.50 bits per heavy atom. The molecule has 1 heterocycles. The van der Waals surface area contributed by atoms with Crippen molar-refractivity contribution >= 4 is 11.6 Å². The van der Waals surface area contributed by atoms with Crippen LogP contribution in [0.5, 0.6) is 0 Å². The van der Waals surface area contributed by atoms with Crippen molar-refractivity contribution in [1.82, 2.24) is 4.90 Å². The molecule has 0 radical (unpaired) electrons. The van der Waals surface area contributed by atoms with E-state index in [0.717, 1.165) is 12.8 Å². The van der Waals surface area contributed by atoms with Gasteiger partial charge in [0.2, 0.25) is 0 Å². The molecule has 1 amide bonds. The molecular weight excluding hydrogens is 234 g/mol. The molecule has 0 unspecified atom stereocenters. The molecule has 6 heteroatoms. The first-order valence-corrected chi connectivity index (χ1v) is 5.87. The number of amides is 1. The highest BCUT2D eigenvalue weighted by Gasteiger charge is 2.23. The third kappa shape index (κ3) is 2.65. The van der Waals surface area contributed by atoms with Crippen LogP contribution in [0.15, 0.2) is 24.3 Å². The summed E-state index contributed by atoms with van der Waals surface area (Å²) in [7, 11) is 0. The maximum Gasteiger partial charge on any atom is 0.270 e. The van der Waals surface area contributed by atoms with Gasteiger partial charge in [0, 0.05) is 36.8 Å². The lowest BCUT2D eigenvalue weighted by Crippen LogP contribution is -2.45. The lowest BCUT2D eigenvalue weighted by Gasteiger charge is -2.30. The van der Waals surface area contributed by atoms with Crippen LogP contribution in [0, 0.1) is 10.1 Å². The second kappa shape index (κ2) is 5.14. The molecule has 0 spiro atoms. The first-order valence-electron chi connectivity index (χ1n) is 5.87. The zero-order valence-electron chi connectivity index (χ0n) is 9.91. The van der Waals surface area contributed by atoms with Crippen LogP contribution in [-0.2, 0) is 0 Å². The smallest absolute Gasteiger partial charge is 0.270 e. The van der Waals surface area contributed by atoms with Crippen molar-refractivity contribution in [3.8, 4) is 0 Å². The molecule has 1 aliphatic heterocycles. The summed E-state index contributed by atoms with van der Waals surface area (Å²) in [5, 5.41) is 10.7. The summed E-state index contributed by atoms with van der Waals surface area (Å²) in [6, 6.07) is 5.80. The predicted octanol–water partition coefficient (Wildman–Crippen LogP) is 1.16. The van der Waals surface area contributed by atoms with E-state index in [-0.39, 0.29) is 17.6 Å². The molecule has 1 aromatic carbocycles. The summed E-state index contributed by atoms with van der Waals surface area (Å²) in [5.41, 5.74) is 6.10. The zero-order chi connectivity index (χ0) is 13.1. The van der Waals surface area contributed by atoms with Crippen LogP contribution in [0.2, 0.25) is 0 Å². The standard InChI is InChI=1S/C12H15N3O3/c13-10-4-2-6-14(8-10)12(16)9-3-1-5-11(7-9)15(17)18/h1,3,5,7,10H,2,4,6,8,13H2/t10-/m1/s1. The number of carbonyl (C=O) groups is 1. The van der Waals surface area contributed by atoms with Crippen LogP contribution in [-0.4, -0.2) is 34.9 Å². The highest BCUT2D eigenvalue weighted by Crippen LogP contribution is 2.17. The van der Waals surface area contributed by atoms with Gasteiger partial charge in [0.05, 0.1) is 4.92 Å². The number of likely N-dealkylation sites (tertiary alicyclic amines) is 1. The first kappa shape index (κ1) is 12.5. The molecule has 0 saturated carbocycles.